The fourth-order valence-electron chi connectivity index (χ4n) is 10.7. The van der Waals surface area contributed by atoms with Gasteiger partial charge in [0.15, 0.2) is 0 Å². The van der Waals surface area contributed by atoms with Crippen molar-refractivity contribution in [2.24, 2.45) is 0 Å². The Balaban J connectivity index is 1.03. The van der Waals surface area contributed by atoms with Crippen molar-refractivity contribution in [1.29, 1.82) is 0 Å². The Kier molecular flexibility index (Phi) is 7.33. The first-order valence-corrected chi connectivity index (χ1v) is 21.9. The lowest BCUT2D eigenvalue weighted by Gasteiger charge is -2.14. The number of pyridine rings is 1. The lowest BCUT2D eigenvalue weighted by atomic mass is 10.1. The third kappa shape index (κ3) is 4.92. The van der Waals surface area contributed by atoms with Gasteiger partial charge in [0.25, 0.3) is 0 Å². The molecule has 0 N–H and O–H groups in total. The molecule has 5 nitrogen and oxygen atoms in total. The van der Waals surface area contributed by atoms with Crippen molar-refractivity contribution in [2.75, 3.05) is 0 Å². The average molecular weight is 816 g/mol. The number of fused-ring (bicyclic) bond motifs is 13. The second-order valence-electron chi connectivity index (χ2n) is 16.8. The van der Waals surface area contributed by atoms with E-state index in [-0.39, 0.29) is 0 Å². The highest BCUT2D eigenvalue weighted by Crippen LogP contribution is 2.44. The van der Waals surface area contributed by atoms with Gasteiger partial charge >= 0.3 is 0 Å². The standard InChI is InChI=1S/C59H37N5/c1-3-17-38(18-4-1)49-27-16-32-57(60-49)64-52-30-13-9-25-44(52)48-36-55-47(37-56(48)64)43-24-8-11-28-50(43)62(55)40-21-15-22-41(35-40)63-51-29-12-7-23-42(51)45-33-34-54-58(59(45)63)46-26-10-14-31-53(46)61(54)39-19-5-2-6-20-39/h1-37H. The summed E-state index contributed by atoms with van der Waals surface area (Å²) in [5.74, 6) is 0.899. The van der Waals surface area contributed by atoms with Gasteiger partial charge in [0.1, 0.15) is 5.82 Å². The Morgan fingerprint density at radius 1 is 0.266 bits per heavy atom. The average Bonchev–Trinajstić information content (AvgIpc) is 4.08. The highest BCUT2D eigenvalue weighted by atomic mass is 15.1. The zero-order valence-electron chi connectivity index (χ0n) is 34.6. The summed E-state index contributed by atoms with van der Waals surface area (Å²) in [6.07, 6.45) is 0. The summed E-state index contributed by atoms with van der Waals surface area (Å²) in [5, 5.41) is 9.75. The lowest BCUT2D eigenvalue weighted by Crippen LogP contribution is -1.99. The first-order chi connectivity index (χ1) is 31.8. The van der Waals surface area contributed by atoms with Crippen LogP contribution >= 0.6 is 0 Å². The summed E-state index contributed by atoms with van der Waals surface area (Å²) >= 11 is 0. The molecule has 5 heterocycles. The maximum absolute atomic E-state index is 5.26. The van der Waals surface area contributed by atoms with Crippen LogP contribution in [0.1, 0.15) is 0 Å². The number of hydrogen-bond donors (Lipinski definition) is 0. The van der Waals surface area contributed by atoms with Crippen molar-refractivity contribution in [3.8, 4) is 34.1 Å². The predicted molar refractivity (Wildman–Crippen MR) is 267 cm³/mol. The van der Waals surface area contributed by atoms with Gasteiger partial charge in [-0.25, -0.2) is 4.98 Å². The van der Waals surface area contributed by atoms with E-state index in [1.54, 1.807) is 0 Å². The third-order valence-corrected chi connectivity index (χ3v) is 13.3. The summed E-state index contributed by atoms with van der Waals surface area (Å²) in [6, 6.07) is 81.3. The second kappa shape index (κ2) is 13.4. The fraction of sp³-hybridized carbons (Fsp3) is 0. The van der Waals surface area contributed by atoms with E-state index in [0.29, 0.717) is 0 Å². The van der Waals surface area contributed by atoms with Gasteiger partial charge in [-0.3, -0.25) is 4.57 Å². The molecule has 0 aliphatic rings. The van der Waals surface area contributed by atoms with Gasteiger partial charge in [0, 0.05) is 65.7 Å². The molecular weight excluding hydrogens is 779 g/mol. The van der Waals surface area contributed by atoms with E-state index in [2.05, 4.69) is 237 Å². The first-order valence-electron chi connectivity index (χ1n) is 21.9. The van der Waals surface area contributed by atoms with Crippen LogP contribution in [0.5, 0.6) is 0 Å². The Labute approximate surface area is 367 Å². The van der Waals surface area contributed by atoms with Crippen LogP contribution in [0.3, 0.4) is 0 Å². The molecule has 9 aromatic carbocycles. The maximum Gasteiger partial charge on any atom is 0.138 e. The number of rotatable bonds is 5. The van der Waals surface area contributed by atoms with E-state index in [0.717, 1.165) is 56.2 Å². The van der Waals surface area contributed by atoms with Gasteiger partial charge in [-0.1, -0.05) is 140 Å². The molecule has 0 unspecified atom stereocenters. The SMILES string of the molecule is c1ccc(-c2cccc(-n3c4ccccc4c4cc5c(cc43)c3ccccc3n5-c3cccc(-n4c5ccccc5c5ccc6c(c7ccccc7n6-c6ccccc6)c54)c3)n2)cc1. The van der Waals surface area contributed by atoms with Crippen LogP contribution in [0.4, 0.5) is 0 Å². The minimum Gasteiger partial charge on any atom is -0.309 e. The van der Waals surface area contributed by atoms with Gasteiger partial charge in [0.05, 0.1) is 49.8 Å². The van der Waals surface area contributed by atoms with Crippen LogP contribution < -0.4 is 0 Å². The van der Waals surface area contributed by atoms with Crippen molar-refractivity contribution in [1.82, 2.24) is 23.3 Å². The van der Waals surface area contributed by atoms with E-state index in [4.69, 9.17) is 4.98 Å². The molecule has 0 saturated heterocycles. The Bertz CT molecular complexity index is 4180. The molecule has 0 radical (unpaired) electrons. The highest BCUT2D eigenvalue weighted by molar-refractivity contribution is 6.26. The second-order valence-corrected chi connectivity index (χ2v) is 16.8. The number of nitrogens with zero attached hydrogens (tertiary/aromatic N) is 5. The van der Waals surface area contributed by atoms with Gasteiger partial charge in [-0.2, -0.15) is 0 Å². The minimum atomic E-state index is 0.899. The zero-order valence-corrected chi connectivity index (χ0v) is 34.6. The first kappa shape index (κ1) is 35.0. The third-order valence-electron chi connectivity index (χ3n) is 13.3. The van der Waals surface area contributed by atoms with Crippen LogP contribution in [0.2, 0.25) is 0 Å². The van der Waals surface area contributed by atoms with Gasteiger partial charge in [0.2, 0.25) is 0 Å². The minimum absolute atomic E-state index is 0.899. The van der Waals surface area contributed by atoms with Crippen molar-refractivity contribution < 1.29 is 0 Å². The van der Waals surface area contributed by atoms with Crippen molar-refractivity contribution in [3.63, 3.8) is 0 Å². The largest absolute Gasteiger partial charge is 0.309 e. The van der Waals surface area contributed by atoms with Crippen molar-refractivity contribution >= 4 is 87.2 Å². The summed E-state index contributed by atoms with van der Waals surface area (Å²) < 4.78 is 9.70. The van der Waals surface area contributed by atoms with Crippen LogP contribution in [-0.2, 0) is 0 Å². The molecule has 0 aliphatic heterocycles. The topological polar surface area (TPSA) is 32.6 Å². The zero-order chi connectivity index (χ0) is 41.9. The van der Waals surface area contributed by atoms with Crippen molar-refractivity contribution in [2.45, 2.75) is 0 Å². The van der Waals surface area contributed by atoms with Crippen LogP contribution in [0, 0.1) is 0 Å². The molecule has 0 spiro atoms. The van der Waals surface area contributed by atoms with E-state index < -0.39 is 0 Å². The van der Waals surface area contributed by atoms with Crippen LogP contribution in [-0.4, -0.2) is 23.3 Å². The molecule has 0 bridgehead atoms. The highest BCUT2D eigenvalue weighted by Gasteiger charge is 2.23. The molecular formula is C59H37N5. The van der Waals surface area contributed by atoms with Gasteiger partial charge in [-0.05, 0) is 84.9 Å². The molecule has 5 heteroatoms. The molecule has 0 aliphatic carbocycles. The van der Waals surface area contributed by atoms with Gasteiger partial charge < -0.3 is 13.7 Å². The predicted octanol–water partition coefficient (Wildman–Crippen LogP) is 15.1. The summed E-state index contributed by atoms with van der Waals surface area (Å²) in [4.78, 5) is 5.26. The van der Waals surface area contributed by atoms with E-state index >= 15 is 0 Å². The fourth-order valence-corrected chi connectivity index (χ4v) is 10.7. The molecule has 14 rings (SSSR count). The molecule has 5 aromatic heterocycles. The Hall–Kier alpha value is -8.67. The summed E-state index contributed by atoms with van der Waals surface area (Å²) in [5.41, 5.74) is 14.8. The number of hydrogen-bond acceptors (Lipinski definition) is 1. The summed E-state index contributed by atoms with van der Waals surface area (Å²) in [6.45, 7) is 0. The van der Waals surface area contributed by atoms with Crippen LogP contribution in [0.15, 0.2) is 224 Å². The molecule has 0 atom stereocenters. The normalized spacial score (nSPS) is 12.1. The Morgan fingerprint density at radius 2 is 0.750 bits per heavy atom. The lowest BCUT2D eigenvalue weighted by molar-refractivity contribution is 1.08. The molecule has 0 fully saturated rings. The van der Waals surface area contributed by atoms with E-state index in [9.17, 15) is 0 Å². The van der Waals surface area contributed by atoms with E-state index in [1.165, 1.54) is 65.2 Å². The molecule has 298 valence electrons. The van der Waals surface area contributed by atoms with Crippen molar-refractivity contribution in [3.05, 3.63) is 224 Å². The number of benzene rings is 9. The Morgan fingerprint density at radius 3 is 1.44 bits per heavy atom. The van der Waals surface area contributed by atoms with Crippen LogP contribution in [0.25, 0.3) is 121 Å². The van der Waals surface area contributed by atoms with E-state index in [1.807, 2.05) is 6.07 Å². The smallest absolute Gasteiger partial charge is 0.138 e. The van der Waals surface area contributed by atoms with Gasteiger partial charge in [-0.15, -0.1) is 0 Å². The molecule has 0 amide bonds. The maximum atomic E-state index is 5.26. The molecule has 64 heavy (non-hydrogen) atoms. The quantitative estimate of drug-likeness (QED) is 0.170. The molecule has 0 saturated carbocycles. The number of para-hydroxylation sites is 5. The monoisotopic (exact) mass is 815 g/mol. The summed E-state index contributed by atoms with van der Waals surface area (Å²) in [7, 11) is 0. The molecule has 14 aromatic rings. The number of aromatic nitrogens is 5.